The van der Waals surface area contributed by atoms with Crippen molar-refractivity contribution in [2.75, 3.05) is 0 Å². The number of carboxylic acids is 2. The second kappa shape index (κ2) is 10.0. The molecular formula is C30H18O4. The van der Waals surface area contributed by atoms with E-state index in [1.165, 1.54) is 12.1 Å². The largest absolute Gasteiger partial charge is 0.478 e. The van der Waals surface area contributed by atoms with Crippen LogP contribution in [0.4, 0.5) is 0 Å². The van der Waals surface area contributed by atoms with E-state index in [1.54, 1.807) is 24.3 Å². The second-order valence-electron chi connectivity index (χ2n) is 7.36. The number of rotatable bonds is 3. The molecule has 162 valence electrons. The first-order valence-electron chi connectivity index (χ1n) is 10.4. The number of hydrogen-bond acceptors (Lipinski definition) is 2. The first-order chi connectivity index (χ1) is 16.5. The number of carbonyl (C=O) groups is 2. The monoisotopic (exact) mass is 442 g/mol. The molecule has 4 aromatic carbocycles. The fourth-order valence-electron chi connectivity index (χ4n) is 3.40. The van der Waals surface area contributed by atoms with Crippen LogP contribution in [-0.4, -0.2) is 22.2 Å². The van der Waals surface area contributed by atoms with Gasteiger partial charge >= 0.3 is 11.9 Å². The molecule has 4 rings (SSSR count). The van der Waals surface area contributed by atoms with Gasteiger partial charge in [0.1, 0.15) is 0 Å². The van der Waals surface area contributed by atoms with Gasteiger partial charge in [0.25, 0.3) is 0 Å². The highest BCUT2D eigenvalue weighted by Crippen LogP contribution is 2.29. The highest BCUT2D eigenvalue weighted by Gasteiger charge is 2.18. The summed E-state index contributed by atoms with van der Waals surface area (Å²) in [5.41, 5.74) is 3.22. The molecule has 0 atom stereocenters. The first-order valence-corrected chi connectivity index (χ1v) is 10.4. The third kappa shape index (κ3) is 5.22. The molecule has 0 saturated carbocycles. The van der Waals surface area contributed by atoms with Crippen LogP contribution in [0.25, 0.3) is 11.1 Å². The molecule has 4 heteroatoms. The quantitative estimate of drug-likeness (QED) is 0.408. The zero-order valence-electron chi connectivity index (χ0n) is 17.9. The van der Waals surface area contributed by atoms with Crippen molar-refractivity contribution >= 4 is 11.9 Å². The molecule has 0 bridgehead atoms. The predicted octanol–water partition coefficient (Wildman–Crippen LogP) is 5.55. The molecule has 4 nitrogen and oxygen atoms in total. The van der Waals surface area contributed by atoms with Gasteiger partial charge in [0, 0.05) is 22.3 Å². The van der Waals surface area contributed by atoms with E-state index < -0.39 is 11.9 Å². The second-order valence-corrected chi connectivity index (χ2v) is 7.36. The van der Waals surface area contributed by atoms with Crippen molar-refractivity contribution in [3.05, 3.63) is 130 Å². The molecule has 2 N–H and O–H groups in total. The standard InChI is InChI=1S/C30H18O4/c31-29(32)27-19-23(13-11-21-7-3-1-4-8-21)15-17-25(27)26-18-16-24(20-28(26)30(33)34)14-12-22-9-5-2-6-10-22/h1-10,15-20H,(H,31,32)(H,33,34). The summed E-state index contributed by atoms with van der Waals surface area (Å²) < 4.78 is 0. The van der Waals surface area contributed by atoms with E-state index in [1.807, 2.05) is 60.7 Å². The molecular weight excluding hydrogens is 424 g/mol. The minimum Gasteiger partial charge on any atom is -0.478 e. The van der Waals surface area contributed by atoms with Crippen LogP contribution in [-0.2, 0) is 0 Å². The molecule has 4 aromatic rings. The van der Waals surface area contributed by atoms with Gasteiger partial charge in [-0.1, -0.05) is 72.2 Å². The molecule has 0 fully saturated rings. The van der Waals surface area contributed by atoms with Crippen LogP contribution in [0.2, 0.25) is 0 Å². The molecule has 0 amide bonds. The summed E-state index contributed by atoms with van der Waals surface area (Å²) in [5.74, 6) is 9.60. The fourth-order valence-corrected chi connectivity index (χ4v) is 3.40. The predicted molar refractivity (Wildman–Crippen MR) is 131 cm³/mol. The molecule has 0 heterocycles. The van der Waals surface area contributed by atoms with Crippen LogP contribution in [0, 0.1) is 23.7 Å². The van der Waals surface area contributed by atoms with Crippen molar-refractivity contribution < 1.29 is 19.8 Å². The van der Waals surface area contributed by atoms with Gasteiger partial charge in [-0.2, -0.15) is 0 Å². The Morgan fingerprint density at radius 1 is 0.471 bits per heavy atom. The van der Waals surface area contributed by atoms with Crippen molar-refractivity contribution in [1.82, 2.24) is 0 Å². The SMILES string of the molecule is O=C(O)c1cc(C#Cc2ccccc2)ccc1-c1ccc(C#Cc2ccccc2)cc1C(=O)O. The minimum atomic E-state index is -1.16. The topological polar surface area (TPSA) is 74.6 Å². The highest BCUT2D eigenvalue weighted by molar-refractivity contribution is 6.02. The van der Waals surface area contributed by atoms with Crippen LogP contribution >= 0.6 is 0 Å². The zero-order chi connectivity index (χ0) is 23.9. The van der Waals surface area contributed by atoms with Crippen molar-refractivity contribution in [2.24, 2.45) is 0 Å². The van der Waals surface area contributed by atoms with E-state index in [0.717, 1.165) is 11.1 Å². The van der Waals surface area contributed by atoms with E-state index in [0.29, 0.717) is 22.3 Å². The van der Waals surface area contributed by atoms with Gasteiger partial charge in [-0.3, -0.25) is 0 Å². The summed E-state index contributed by atoms with van der Waals surface area (Å²) in [7, 11) is 0. The Morgan fingerprint density at radius 2 is 0.824 bits per heavy atom. The third-order valence-corrected chi connectivity index (χ3v) is 5.04. The average molecular weight is 442 g/mol. The Labute approximate surface area is 197 Å². The Hall–Kier alpha value is -5.06. The van der Waals surface area contributed by atoms with E-state index in [4.69, 9.17) is 0 Å². The van der Waals surface area contributed by atoms with Gasteiger partial charge < -0.3 is 10.2 Å². The normalized spacial score (nSPS) is 9.76. The van der Waals surface area contributed by atoms with Crippen LogP contribution in [0.5, 0.6) is 0 Å². The Kier molecular flexibility index (Phi) is 6.54. The molecule has 0 radical (unpaired) electrons. The van der Waals surface area contributed by atoms with Crippen LogP contribution in [0.15, 0.2) is 97.1 Å². The van der Waals surface area contributed by atoms with E-state index in [9.17, 15) is 19.8 Å². The lowest BCUT2D eigenvalue weighted by atomic mass is 9.92. The number of aromatic carboxylic acids is 2. The summed E-state index contributed by atoms with van der Waals surface area (Å²) in [6.45, 7) is 0. The van der Waals surface area contributed by atoms with Gasteiger partial charge in [-0.25, -0.2) is 9.59 Å². The van der Waals surface area contributed by atoms with Gasteiger partial charge in [0.2, 0.25) is 0 Å². The minimum absolute atomic E-state index is 0.0227. The van der Waals surface area contributed by atoms with Crippen LogP contribution in [0.3, 0.4) is 0 Å². The van der Waals surface area contributed by atoms with Gasteiger partial charge in [0.05, 0.1) is 11.1 Å². The summed E-state index contributed by atoms with van der Waals surface area (Å²) in [5, 5.41) is 19.6. The number of benzene rings is 4. The molecule has 34 heavy (non-hydrogen) atoms. The fraction of sp³-hybridized carbons (Fsp3) is 0. The smallest absolute Gasteiger partial charge is 0.336 e. The molecule has 0 unspecified atom stereocenters. The maximum Gasteiger partial charge on any atom is 0.336 e. The molecule has 0 aliphatic rings. The molecule has 0 aliphatic carbocycles. The maximum absolute atomic E-state index is 12.0. The average Bonchev–Trinajstić information content (AvgIpc) is 2.87. The third-order valence-electron chi connectivity index (χ3n) is 5.04. The summed E-state index contributed by atoms with van der Waals surface area (Å²) in [6, 6.07) is 28.2. The van der Waals surface area contributed by atoms with Gasteiger partial charge in [0.15, 0.2) is 0 Å². The van der Waals surface area contributed by atoms with E-state index in [-0.39, 0.29) is 11.1 Å². The summed E-state index contributed by atoms with van der Waals surface area (Å²) in [4.78, 5) is 24.0. The number of hydrogen-bond donors (Lipinski definition) is 2. The van der Waals surface area contributed by atoms with Crippen LogP contribution in [0.1, 0.15) is 43.0 Å². The summed E-state index contributed by atoms with van der Waals surface area (Å²) in [6.07, 6.45) is 0. The molecule has 0 aliphatic heterocycles. The highest BCUT2D eigenvalue weighted by atomic mass is 16.4. The first kappa shape index (κ1) is 22.1. The lowest BCUT2D eigenvalue weighted by Gasteiger charge is -2.11. The van der Waals surface area contributed by atoms with Crippen molar-refractivity contribution in [3.63, 3.8) is 0 Å². The Bertz CT molecular complexity index is 1380. The number of carboxylic acid groups (broad SMARTS) is 2. The van der Waals surface area contributed by atoms with Gasteiger partial charge in [-0.15, -0.1) is 0 Å². The zero-order valence-corrected chi connectivity index (χ0v) is 17.9. The Balaban J connectivity index is 1.74. The molecule has 0 aromatic heterocycles. The maximum atomic E-state index is 12.0. The Morgan fingerprint density at radius 3 is 1.18 bits per heavy atom. The van der Waals surface area contributed by atoms with Gasteiger partial charge in [-0.05, 0) is 59.7 Å². The van der Waals surface area contributed by atoms with E-state index >= 15 is 0 Å². The molecule has 0 spiro atoms. The van der Waals surface area contributed by atoms with Crippen LogP contribution < -0.4 is 0 Å². The van der Waals surface area contributed by atoms with Crippen molar-refractivity contribution in [2.45, 2.75) is 0 Å². The summed E-state index contributed by atoms with van der Waals surface area (Å²) >= 11 is 0. The van der Waals surface area contributed by atoms with E-state index in [2.05, 4.69) is 23.7 Å². The lowest BCUT2D eigenvalue weighted by Crippen LogP contribution is -2.05. The van der Waals surface area contributed by atoms with Crippen molar-refractivity contribution in [1.29, 1.82) is 0 Å². The van der Waals surface area contributed by atoms with Crippen molar-refractivity contribution in [3.8, 4) is 34.8 Å². The lowest BCUT2D eigenvalue weighted by molar-refractivity contribution is 0.0684. The molecule has 0 saturated heterocycles.